The highest BCUT2D eigenvalue weighted by Gasteiger charge is 2.60. The molecule has 132 valence electrons. The van der Waals surface area contributed by atoms with Crippen LogP contribution in [0.4, 0.5) is 0 Å². The smallest absolute Gasteiger partial charge is 0.251 e. The molecule has 2 N–H and O–H groups in total. The number of hydrogen-bond donors (Lipinski definition) is 2. The fraction of sp³-hybridized carbons (Fsp3) is 0.650. The van der Waals surface area contributed by atoms with E-state index in [1.54, 1.807) is 7.05 Å². The number of benzene rings is 1. The van der Waals surface area contributed by atoms with Crippen LogP contribution in [-0.4, -0.2) is 48.2 Å². The van der Waals surface area contributed by atoms with Crippen molar-refractivity contribution in [2.75, 3.05) is 20.6 Å². The largest absolute Gasteiger partial charge is 0.387 e. The first-order valence-electron chi connectivity index (χ1n) is 9.17. The van der Waals surface area contributed by atoms with E-state index in [9.17, 15) is 9.90 Å². The minimum absolute atomic E-state index is 0.0576. The highest BCUT2D eigenvalue weighted by Crippen LogP contribution is 2.56. The molecule has 1 aromatic carbocycles. The predicted molar refractivity (Wildman–Crippen MR) is 96.4 cm³/mol. The molecule has 4 nitrogen and oxygen atoms in total. The molecule has 2 unspecified atom stereocenters. The molecule has 1 saturated carbocycles. The van der Waals surface area contributed by atoms with E-state index in [4.69, 9.17) is 0 Å². The van der Waals surface area contributed by atoms with Crippen LogP contribution in [0, 0.1) is 0 Å². The Hall–Kier alpha value is -1.39. The van der Waals surface area contributed by atoms with Crippen LogP contribution in [-0.2, 0) is 11.8 Å². The molecule has 1 aliphatic heterocycles. The van der Waals surface area contributed by atoms with Crippen LogP contribution in [0.3, 0.4) is 0 Å². The monoisotopic (exact) mass is 330 g/mol. The van der Waals surface area contributed by atoms with Crippen molar-refractivity contribution in [2.45, 2.75) is 63.0 Å². The second kappa shape index (κ2) is 6.16. The summed E-state index contributed by atoms with van der Waals surface area (Å²) in [7, 11) is 3.77. The lowest BCUT2D eigenvalue weighted by atomic mass is 9.61. The van der Waals surface area contributed by atoms with Crippen molar-refractivity contribution in [1.82, 2.24) is 10.2 Å². The number of aliphatic hydroxyl groups is 1. The van der Waals surface area contributed by atoms with Gasteiger partial charge in [-0.25, -0.2) is 0 Å². The SMILES string of the molecule is CCc1ccc(C(=O)NC)cc1[C@@]12CCCC1(O)C(C)N(C)CC2. The minimum atomic E-state index is -0.717. The Bertz CT molecular complexity index is 645. The van der Waals surface area contributed by atoms with Gasteiger partial charge in [-0.2, -0.15) is 0 Å². The van der Waals surface area contributed by atoms with Gasteiger partial charge in [0.05, 0.1) is 5.60 Å². The molecule has 1 heterocycles. The normalized spacial score (nSPS) is 33.3. The average Bonchev–Trinajstić information content (AvgIpc) is 2.96. The second-order valence-electron chi connectivity index (χ2n) is 7.57. The fourth-order valence-corrected chi connectivity index (χ4v) is 5.11. The van der Waals surface area contributed by atoms with Gasteiger partial charge in [-0.1, -0.05) is 13.0 Å². The summed E-state index contributed by atoms with van der Waals surface area (Å²) in [6.07, 6.45) is 4.76. The first kappa shape index (κ1) is 17.4. The molecule has 0 bridgehead atoms. The maximum Gasteiger partial charge on any atom is 0.251 e. The Morgan fingerprint density at radius 2 is 2.12 bits per heavy atom. The highest BCUT2D eigenvalue weighted by molar-refractivity contribution is 5.94. The summed E-state index contributed by atoms with van der Waals surface area (Å²) in [6.45, 7) is 5.28. The lowest BCUT2D eigenvalue weighted by Crippen LogP contribution is -2.64. The van der Waals surface area contributed by atoms with Crippen LogP contribution in [0.25, 0.3) is 0 Å². The first-order chi connectivity index (χ1) is 11.4. The number of likely N-dealkylation sites (tertiary alicyclic amines) is 1. The number of amides is 1. The zero-order chi connectivity index (χ0) is 17.5. The van der Waals surface area contributed by atoms with E-state index in [2.05, 4.69) is 37.2 Å². The minimum Gasteiger partial charge on any atom is -0.387 e. The van der Waals surface area contributed by atoms with Gasteiger partial charge in [0.25, 0.3) is 5.91 Å². The van der Waals surface area contributed by atoms with Crippen LogP contribution in [0.15, 0.2) is 18.2 Å². The maximum atomic E-state index is 12.2. The summed E-state index contributed by atoms with van der Waals surface area (Å²) in [5.74, 6) is -0.0576. The van der Waals surface area contributed by atoms with Crippen LogP contribution in [0.2, 0.25) is 0 Å². The Kier molecular flexibility index (Phi) is 4.47. The zero-order valence-electron chi connectivity index (χ0n) is 15.4. The molecule has 3 rings (SSSR count). The molecule has 0 aromatic heterocycles. The van der Waals surface area contributed by atoms with Gasteiger partial charge in [0, 0.05) is 24.1 Å². The molecule has 24 heavy (non-hydrogen) atoms. The molecular formula is C20H30N2O2. The molecule has 1 saturated heterocycles. The van der Waals surface area contributed by atoms with E-state index < -0.39 is 5.60 Å². The summed E-state index contributed by atoms with van der Waals surface area (Å²) in [6, 6.07) is 6.16. The Morgan fingerprint density at radius 1 is 1.38 bits per heavy atom. The molecule has 0 radical (unpaired) electrons. The first-order valence-corrected chi connectivity index (χ1v) is 9.17. The van der Waals surface area contributed by atoms with E-state index in [0.717, 1.165) is 38.6 Å². The van der Waals surface area contributed by atoms with E-state index >= 15 is 0 Å². The molecule has 1 aliphatic carbocycles. The summed E-state index contributed by atoms with van der Waals surface area (Å²) in [5, 5.41) is 14.4. The topological polar surface area (TPSA) is 52.6 Å². The standard InChI is InChI=1S/C20H30N2O2/c1-5-15-7-8-16(18(23)21-3)13-17(15)19-9-6-10-20(19,24)14(2)22(4)12-11-19/h7-8,13-14,24H,5-6,9-12H2,1-4H3,(H,21,23)/t14?,19-,20?/m0/s1. The summed E-state index contributed by atoms with van der Waals surface area (Å²) >= 11 is 0. The van der Waals surface area contributed by atoms with Crippen molar-refractivity contribution in [3.05, 3.63) is 34.9 Å². The van der Waals surface area contributed by atoms with Gasteiger partial charge < -0.3 is 15.3 Å². The molecule has 0 spiro atoms. The molecule has 3 atom stereocenters. The Balaban J connectivity index is 2.17. The average molecular weight is 330 g/mol. The van der Waals surface area contributed by atoms with Gasteiger partial charge in [-0.3, -0.25) is 4.79 Å². The van der Waals surface area contributed by atoms with E-state index in [1.807, 2.05) is 12.1 Å². The van der Waals surface area contributed by atoms with Gasteiger partial charge in [0.1, 0.15) is 0 Å². The third kappa shape index (κ3) is 2.31. The lowest BCUT2D eigenvalue weighted by molar-refractivity contribution is -0.110. The van der Waals surface area contributed by atoms with Crippen molar-refractivity contribution in [2.24, 2.45) is 0 Å². The number of piperidine rings is 1. The quantitative estimate of drug-likeness (QED) is 0.895. The zero-order valence-corrected chi connectivity index (χ0v) is 15.4. The number of rotatable bonds is 3. The van der Waals surface area contributed by atoms with Gasteiger partial charge >= 0.3 is 0 Å². The molecule has 2 fully saturated rings. The number of nitrogens with zero attached hydrogens (tertiary/aromatic N) is 1. The lowest BCUT2D eigenvalue weighted by Gasteiger charge is -2.54. The summed E-state index contributed by atoms with van der Waals surface area (Å²) in [5.41, 5.74) is 2.21. The number of aryl methyl sites for hydroxylation is 1. The summed E-state index contributed by atoms with van der Waals surface area (Å²) < 4.78 is 0. The third-order valence-corrected chi connectivity index (χ3v) is 6.73. The number of hydrogen-bond acceptors (Lipinski definition) is 3. The fourth-order valence-electron chi connectivity index (χ4n) is 5.11. The number of nitrogens with one attached hydrogen (secondary N) is 1. The van der Waals surface area contributed by atoms with Crippen molar-refractivity contribution in [3.8, 4) is 0 Å². The van der Waals surface area contributed by atoms with Crippen LogP contribution in [0.5, 0.6) is 0 Å². The van der Waals surface area contributed by atoms with E-state index in [1.165, 1.54) is 11.1 Å². The number of carbonyl (C=O) groups excluding carboxylic acids is 1. The van der Waals surface area contributed by atoms with Crippen LogP contribution in [0.1, 0.15) is 61.0 Å². The van der Waals surface area contributed by atoms with Crippen molar-refractivity contribution in [1.29, 1.82) is 0 Å². The van der Waals surface area contributed by atoms with E-state index in [0.29, 0.717) is 5.56 Å². The number of fused-ring (bicyclic) bond motifs is 1. The molecule has 2 aliphatic rings. The van der Waals surface area contributed by atoms with Crippen molar-refractivity contribution >= 4 is 5.91 Å². The molecule has 1 aromatic rings. The predicted octanol–water partition coefficient (Wildman–Crippen LogP) is 2.49. The Labute approximate surface area is 145 Å². The van der Waals surface area contributed by atoms with Crippen LogP contribution < -0.4 is 5.32 Å². The maximum absolute atomic E-state index is 12.2. The number of likely N-dealkylation sites (N-methyl/N-ethyl adjacent to an activating group) is 1. The van der Waals surface area contributed by atoms with Crippen molar-refractivity contribution < 1.29 is 9.90 Å². The van der Waals surface area contributed by atoms with Crippen LogP contribution >= 0.6 is 0 Å². The molecule has 1 amide bonds. The van der Waals surface area contributed by atoms with Crippen molar-refractivity contribution in [3.63, 3.8) is 0 Å². The van der Waals surface area contributed by atoms with Gasteiger partial charge in [-0.05, 0) is 75.9 Å². The van der Waals surface area contributed by atoms with Gasteiger partial charge in [-0.15, -0.1) is 0 Å². The highest BCUT2D eigenvalue weighted by atomic mass is 16.3. The van der Waals surface area contributed by atoms with E-state index in [-0.39, 0.29) is 17.4 Å². The second-order valence-corrected chi connectivity index (χ2v) is 7.57. The summed E-state index contributed by atoms with van der Waals surface area (Å²) in [4.78, 5) is 14.4. The van der Waals surface area contributed by atoms with Gasteiger partial charge in [0.15, 0.2) is 0 Å². The number of carbonyl (C=O) groups is 1. The Morgan fingerprint density at radius 3 is 2.79 bits per heavy atom. The molecular weight excluding hydrogens is 300 g/mol. The molecule has 4 heteroatoms. The third-order valence-electron chi connectivity index (χ3n) is 6.73. The van der Waals surface area contributed by atoms with Gasteiger partial charge in [0.2, 0.25) is 0 Å².